The highest BCUT2D eigenvalue weighted by atomic mass is 31.1. The summed E-state index contributed by atoms with van der Waals surface area (Å²) in [7, 11) is -0.488. The molecule has 2 rings (SSSR count). The molecular formula is C11H15BNO3P. The summed E-state index contributed by atoms with van der Waals surface area (Å²) in [4.78, 5) is 4.05. The molecule has 1 aliphatic rings. The molecule has 0 unspecified atom stereocenters. The lowest BCUT2D eigenvalue weighted by atomic mass is 9.80. The largest absolute Gasteiger partial charge is 0.496 e. The Hall–Kier alpha value is -0.765. The first-order chi connectivity index (χ1) is 7.86. The molecule has 4 nitrogen and oxygen atoms in total. The SMILES string of the molecule is CC1(C)OB(c2ccc(P=O)nc2)OC1(C)C. The number of pyridine rings is 1. The summed E-state index contributed by atoms with van der Waals surface area (Å²) in [5, 5.41) is 0. The molecular weight excluding hydrogens is 236 g/mol. The minimum Gasteiger partial charge on any atom is -0.399 e. The molecule has 1 fully saturated rings. The minimum atomic E-state index is -0.412. The monoisotopic (exact) mass is 251 g/mol. The van der Waals surface area contributed by atoms with Crippen LogP contribution in [0.3, 0.4) is 0 Å². The lowest BCUT2D eigenvalue weighted by molar-refractivity contribution is 0.00578. The van der Waals surface area contributed by atoms with Crippen LogP contribution >= 0.6 is 8.46 Å². The van der Waals surface area contributed by atoms with Gasteiger partial charge in [-0.2, -0.15) is 0 Å². The molecule has 1 aromatic heterocycles. The van der Waals surface area contributed by atoms with Gasteiger partial charge >= 0.3 is 7.12 Å². The molecule has 0 aliphatic carbocycles. The smallest absolute Gasteiger partial charge is 0.399 e. The molecule has 0 spiro atoms. The highest BCUT2D eigenvalue weighted by Gasteiger charge is 2.51. The third-order valence-corrected chi connectivity index (χ3v) is 3.84. The molecule has 90 valence electrons. The first-order valence-corrected chi connectivity index (χ1v) is 6.32. The summed E-state index contributed by atoms with van der Waals surface area (Å²) in [6.07, 6.45) is 1.64. The average molecular weight is 251 g/mol. The molecule has 6 heteroatoms. The molecule has 0 radical (unpaired) electrons. The summed E-state index contributed by atoms with van der Waals surface area (Å²) < 4.78 is 22.4. The molecule has 0 bridgehead atoms. The number of hydrogen-bond acceptors (Lipinski definition) is 4. The van der Waals surface area contributed by atoms with Crippen molar-refractivity contribution in [2.24, 2.45) is 0 Å². The standard InChI is InChI=1S/C11H15BNO3P/c1-10(2)11(3,4)16-12(15-10)8-5-6-9(17-14)13-7-8/h5-7H,1-4H3. The molecule has 1 aliphatic heterocycles. The van der Waals surface area contributed by atoms with Crippen LogP contribution in [0.1, 0.15) is 27.7 Å². The summed E-state index contributed by atoms with van der Waals surface area (Å²) in [6, 6.07) is 3.53. The van der Waals surface area contributed by atoms with Crippen molar-refractivity contribution in [3.05, 3.63) is 18.3 Å². The zero-order chi connectivity index (χ0) is 12.7. The van der Waals surface area contributed by atoms with Crippen LogP contribution in [0.25, 0.3) is 0 Å². The van der Waals surface area contributed by atoms with Gasteiger partial charge < -0.3 is 9.31 Å². The Bertz CT molecular complexity index is 417. The van der Waals surface area contributed by atoms with Gasteiger partial charge in [-0.05, 0) is 33.8 Å². The van der Waals surface area contributed by atoms with Crippen LogP contribution in [0, 0.1) is 0 Å². The number of hydrogen-bond donors (Lipinski definition) is 0. The second kappa shape index (κ2) is 4.16. The Kier molecular flexibility index (Phi) is 3.11. The van der Waals surface area contributed by atoms with Crippen molar-refractivity contribution < 1.29 is 13.9 Å². The minimum absolute atomic E-state index is 0.0757. The normalized spacial score (nSPS) is 22.0. The van der Waals surface area contributed by atoms with Crippen LogP contribution in [-0.4, -0.2) is 23.3 Å². The lowest BCUT2D eigenvalue weighted by Crippen LogP contribution is -2.41. The first-order valence-electron chi connectivity index (χ1n) is 5.51. The van der Waals surface area contributed by atoms with Gasteiger partial charge in [0.2, 0.25) is 8.46 Å². The van der Waals surface area contributed by atoms with Crippen LogP contribution in [0.5, 0.6) is 0 Å². The Morgan fingerprint density at radius 3 is 2.18 bits per heavy atom. The molecule has 0 saturated carbocycles. The maximum atomic E-state index is 10.6. The van der Waals surface area contributed by atoms with Gasteiger partial charge in [-0.1, -0.05) is 6.07 Å². The Balaban J connectivity index is 2.22. The van der Waals surface area contributed by atoms with Crippen molar-refractivity contribution in [2.45, 2.75) is 38.9 Å². The van der Waals surface area contributed by atoms with Crippen LogP contribution in [0.15, 0.2) is 18.3 Å². The molecule has 2 heterocycles. The van der Waals surface area contributed by atoms with E-state index >= 15 is 0 Å². The maximum absolute atomic E-state index is 10.6. The van der Waals surface area contributed by atoms with Crippen molar-refractivity contribution >= 4 is 26.5 Å². The van der Waals surface area contributed by atoms with E-state index in [2.05, 4.69) is 4.98 Å². The quantitative estimate of drug-likeness (QED) is 0.587. The predicted octanol–water partition coefficient (Wildman–Crippen LogP) is 1.30. The molecule has 0 aromatic carbocycles. The highest BCUT2D eigenvalue weighted by Crippen LogP contribution is 2.36. The van der Waals surface area contributed by atoms with Crippen molar-refractivity contribution in [3.8, 4) is 0 Å². The van der Waals surface area contributed by atoms with Crippen molar-refractivity contribution in [1.29, 1.82) is 0 Å². The summed E-state index contributed by atoms with van der Waals surface area (Å²) >= 11 is 0. The topological polar surface area (TPSA) is 48.4 Å². The third kappa shape index (κ3) is 2.28. The molecule has 0 atom stereocenters. The van der Waals surface area contributed by atoms with E-state index in [9.17, 15) is 4.57 Å². The van der Waals surface area contributed by atoms with Crippen LogP contribution in [0.2, 0.25) is 0 Å². The van der Waals surface area contributed by atoms with E-state index in [1.165, 1.54) is 0 Å². The van der Waals surface area contributed by atoms with E-state index in [1.54, 1.807) is 12.3 Å². The third-order valence-electron chi connectivity index (χ3n) is 3.39. The average Bonchev–Trinajstić information content (AvgIpc) is 2.48. The Morgan fingerprint density at radius 2 is 1.76 bits per heavy atom. The predicted molar refractivity (Wildman–Crippen MR) is 67.2 cm³/mol. The number of nitrogens with zero attached hydrogens (tertiary/aromatic N) is 1. The van der Waals surface area contributed by atoms with Crippen LogP contribution < -0.4 is 10.9 Å². The van der Waals surface area contributed by atoms with E-state index in [4.69, 9.17) is 9.31 Å². The van der Waals surface area contributed by atoms with Gasteiger partial charge in [0.15, 0.2) is 0 Å². The van der Waals surface area contributed by atoms with Gasteiger partial charge in [-0.3, -0.25) is 4.57 Å². The zero-order valence-electron chi connectivity index (χ0n) is 10.4. The lowest BCUT2D eigenvalue weighted by Gasteiger charge is -2.32. The zero-order valence-corrected chi connectivity index (χ0v) is 11.3. The molecule has 0 amide bonds. The molecule has 17 heavy (non-hydrogen) atoms. The molecule has 1 saturated heterocycles. The maximum Gasteiger partial charge on any atom is 0.496 e. The van der Waals surface area contributed by atoms with Gasteiger partial charge in [0.25, 0.3) is 0 Å². The van der Waals surface area contributed by atoms with Gasteiger partial charge in [-0.25, -0.2) is 4.98 Å². The summed E-state index contributed by atoms with van der Waals surface area (Å²) in [5.41, 5.74) is 0.640. The Morgan fingerprint density at radius 1 is 1.18 bits per heavy atom. The van der Waals surface area contributed by atoms with Crippen LogP contribution in [-0.2, 0) is 13.9 Å². The molecule has 1 aromatic rings. The summed E-state index contributed by atoms with van der Waals surface area (Å²) in [6.45, 7) is 8.02. The molecule has 0 N–H and O–H groups in total. The van der Waals surface area contributed by atoms with Crippen molar-refractivity contribution in [3.63, 3.8) is 0 Å². The van der Waals surface area contributed by atoms with Crippen molar-refractivity contribution in [2.75, 3.05) is 0 Å². The fourth-order valence-corrected chi connectivity index (χ4v) is 1.81. The van der Waals surface area contributed by atoms with Crippen LogP contribution in [0.4, 0.5) is 0 Å². The first kappa shape index (κ1) is 12.7. The van der Waals surface area contributed by atoms with E-state index in [-0.39, 0.29) is 19.7 Å². The van der Waals surface area contributed by atoms with E-state index in [0.29, 0.717) is 5.44 Å². The highest BCUT2D eigenvalue weighted by molar-refractivity contribution is 7.33. The number of aromatic nitrogens is 1. The fourth-order valence-electron chi connectivity index (χ4n) is 1.57. The number of rotatable bonds is 2. The fraction of sp³-hybridized carbons (Fsp3) is 0.545. The van der Waals surface area contributed by atoms with E-state index < -0.39 is 7.12 Å². The van der Waals surface area contributed by atoms with Gasteiger partial charge in [0.1, 0.15) is 5.44 Å². The van der Waals surface area contributed by atoms with Gasteiger partial charge in [-0.15, -0.1) is 0 Å². The van der Waals surface area contributed by atoms with Gasteiger partial charge in [0.05, 0.1) is 11.2 Å². The second-order valence-corrected chi connectivity index (χ2v) is 5.77. The Labute approximate surface area is 103 Å². The van der Waals surface area contributed by atoms with Crippen molar-refractivity contribution in [1.82, 2.24) is 4.98 Å². The van der Waals surface area contributed by atoms with E-state index in [0.717, 1.165) is 5.46 Å². The van der Waals surface area contributed by atoms with E-state index in [1.807, 2.05) is 33.8 Å². The summed E-state index contributed by atoms with van der Waals surface area (Å²) in [5.74, 6) is 0. The second-order valence-electron chi connectivity index (χ2n) is 5.13. The van der Waals surface area contributed by atoms with Gasteiger partial charge in [0, 0.05) is 11.7 Å².